The largest absolute Gasteiger partial charge is 0.348 e. The normalized spacial score (nSPS) is 10.6. The van der Waals surface area contributed by atoms with Gasteiger partial charge in [0.25, 0.3) is 0 Å². The maximum atomic E-state index is 4.12. The number of aromatic amines is 1. The molecule has 2 N–H and O–H groups in total. The van der Waals surface area contributed by atoms with E-state index in [-0.39, 0.29) is 0 Å². The third kappa shape index (κ3) is 2.90. The summed E-state index contributed by atoms with van der Waals surface area (Å²) < 4.78 is 0. The lowest BCUT2D eigenvalue weighted by Gasteiger charge is -2.06. The van der Waals surface area contributed by atoms with E-state index in [4.69, 9.17) is 0 Å². The lowest BCUT2D eigenvalue weighted by molar-refractivity contribution is 0.677. The minimum Gasteiger partial charge on any atom is -0.348 e. The van der Waals surface area contributed by atoms with E-state index in [0.29, 0.717) is 0 Å². The molecule has 0 aromatic carbocycles. The van der Waals surface area contributed by atoms with E-state index in [2.05, 4.69) is 27.2 Å². The van der Waals surface area contributed by atoms with Crippen molar-refractivity contribution in [2.75, 3.05) is 6.54 Å². The molecule has 0 bridgehead atoms. The molecule has 0 amide bonds. The van der Waals surface area contributed by atoms with Gasteiger partial charge in [-0.1, -0.05) is 0 Å². The highest BCUT2D eigenvalue weighted by Gasteiger charge is 1.97. The van der Waals surface area contributed by atoms with Gasteiger partial charge in [-0.15, -0.1) is 0 Å². The Morgan fingerprint density at radius 3 is 3.00 bits per heavy atom. The molecular formula is C12H16N4. The third-order valence-electron chi connectivity index (χ3n) is 2.59. The van der Waals surface area contributed by atoms with Gasteiger partial charge < -0.3 is 10.3 Å². The van der Waals surface area contributed by atoms with Gasteiger partial charge in [0.15, 0.2) is 0 Å². The summed E-state index contributed by atoms with van der Waals surface area (Å²) in [6.45, 7) is 3.91. The highest BCUT2D eigenvalue weighted by Crippen LogP contribution is 2.03. The standard InChI is InChI=1S/C12H16N4/c1-10-2-4-13-6-11(10)7-14-5-3-12-8-15-9-16-12/h2,4,6,8-9,14H,3,5,7H2,1H3,(H,15,16). The van der Waals surface area contributed by atoms with Crippen molar-refractivity contribution in [2.45, 2.75) is 19.9 Å². The van der Waals surface area contributed by atoms with E-state index >= 15 is 0 Å². The summed E-state index contributed by atoms with van der Waals surface area (Å²) in [5.74, 6) is 0. The molecule has 0 spiro atoms. The highest BCUT2D eigenvalue weighted by molar-refractivity contribution is 5.20. The maximum absolute atomic E-state index is 4.12. The lowest BCUT2D eigenvalue weighted by Crippen LogP contribution is -2.17. The second-order valence-corrected chi connectivity index (χ2v) is 3.81. The monoisotopic (exact) mass is 216 g/mol. The third-order valence-corrected chi connectivity index (χ3v) is 2.59. The summed E-state index contributed by atoms with van der Waals surface area (Å²) in [5.41, 5.74) is 3.70. The van der Waals surface area contributed by atoms with Crippen molar-refractivity contribution >= 4 is 0 Å². The van der Waals surface area contributed by atoms with Crippen LogP contribution in [0.1, 0.15) is 16.8 Å². The molecule has 4 heteroatoms. The van der Waals surface area contributed by atoms with Crippen molar-refractivity contribution in [1.82, 2.24) is 20.3 Å². The van der Waals surface area contributed by atoms with Gasteiger partial charge >= 0.3 is 0 Å². The zero-order chi connectivity index (χ0) is 11.2. The number of H-pyrrole nitrogens is 1. The number of aromatic nitrogens is 3. The van der Waals surface area contributed by atoms with Crippen molar-refractivity contribution in [3.63, 3.8) is 0 Å². The first-order valence-electron chi connectivity index (χ1n) is 5.44. The second-order valence-electron chi connectivity index (χ2n) is 3.81. The molecule has 0 fully saturated rings. The minimum absolute atomic E-state index is 0.869. The smallest absolute Gasteiger partial charge is 0.0921 e. The van der Waals surface area contributed by atoms with Gasteiger partial charge in [-0.3, -0.25) is 4.98 Å². The average molecular weight is 216 g/mol. The SMILES string of the molecule is Cc1ccncc1CNCCc1cnc[nH]1. The molecule has 2 aromatic heterocycles. The second kappa shape index (κ2) is 5.42. The number of hydrogen-bond donors (Lipinski definition) is 2. The number of rotatable bonds is 5. The Labute approximate surface area is 95.1 Å². The molecule has 2 rings (SSSR count). The van der Waals surface area contributed by atoms with E-state index in [0.717, 1.165) is 25.2 Å². The van der Waals surface area contributed by atoms with Crippen LogP contribution in [0.4, 0.5) is 0 Å². The van der Waals surface area contributed by atoms with Gasteiger partial charge in [-0.25, -0.2) is 4.98 Å². The van der Waals surface area contributed by atoms with Crippen LogP contribution in [0.15, 0.2) is 31.0 Å². The molecule has 16 heavy (non-hydrogen) atoms. The molecule has 84 valence electrons. The molecule has 0 aliphatic rings. The summed E-state index contributed by atoms with van der Waals surface area (Å²) in [4.78, 5) is 11.2. The molecule has 0 unspecified atom stereocenters. The Bertz CT molecular complexity index is 422. The molecule has 0 saturated carbocycles. The summed E-state index contributed by atoms with van der Waals surface area (Å²) in [7, 11) is 0. The topological polar surface area (TPSA) is 53.6 Å². The predicted molar refractivity (Wildman–Crippen MR) is 63.0 cm³/mol. The Morgan fingerprint density at radius 2 is 2.25 bits per heavy atom. The van der Waals surface area contributed by atoms with E-state index in [1.807, 2.05) is 24.7 Å². The minimum atomic E-state index is 0.869. The van der Waals surface area contributed by atoms with Crippen LogP contribution >= 0.6 is 0 Å². The number of imidazole rings is 1. The van der Waals surface area contributed by atoms with Crippen molar-refractivity contribution in [3.05, 3.63) is 47.8 Å². The number of aryl methyl sites for hydroxylation is 1. The molecule has 4 nitrogen and oxygen atoms in total. The average Bonchev–Trinajstić information content (AvgIpc) is 2.79. The first-order chi connectivity index (χ1) is 7.86. The van der Waals surface area contributed by atoms with Crippen molar-refractivity contribution < 1.29 is 0 Å². The highest BCUT2D eigenvalue weighted by atomic mass is 14.9. The summed E-state index contributed by atoms with van der Waals surface area (Å²) in [5, 5.41) is 3.39. The van der Waals surface area contributed by atoms with Gasteiger partial charge in [0.2, 0.25) is 0 Å². The molecule has 0 radical (unpaired) electrons. The van der Waals surface area contributed by atoms with Crippen LogP contribution < -0.4 is 5.32 Å². The Kier molecular flexibility index (Phi) is 3.66. The van der Waals surface area contributed by atoms with Crippen LogP contribution in [-0.4, -0.2) is 21.5 Å². The number of nitrogens with zero attached hydrogens (tertiary/aromatic N) is 2. The lowest BCUT2D eigenvalue weighted by atomic mass is 10.1. The van der Waals surface area contributed by atoms with Gasteiger partial charge in [0.05, 0.1) is 6.33 Å². The first kappa shape index (κ1) is 10.8. The molecule has 2 aromatic rings. The number of hydrogen-bond acceptors (Lipinski definition) is 3. The summed E-state index contributed by atoms with van der Waals surface area (Å²) >= 11 is 0. The fraction of sp³-hybridized carbons (Fsp3) is 0.333. The fourth-order valence-corrected chi connectivity index (χ4v) is 1.55. The van der Waals surface area contributed by atoms with Gasteiger partial charge in [0, 0.05) is 43.8 Å². The molecule has 0 aliphatic carbocycles. The Balaban J connectivity index is 1.74. The zero-order valence-electron chi connectivity index (χ0n) is 9.40. The van der Waals surface area contributed by atoms with E-state index in [9.17, 15) is 0 Å². The maximum Gasteiger partial charge on any atom is 0.0921 e. The Hall–Kier alpha value is -1.68. The molecular weight excluding hydrogens is 200 g/mol. The van der Waals surface area contributed by atoms with Crippen LogP contribution in [0.2, 0.25) is 0 Å². The van der Waals surface area contributed by atoms with Crippen molar-refractivity contribution in [3.8, 4) is 0 Å². The van der Waals surface area contributed by atoms with Crippen LogP contribution in [0.3, 0.4) is 0 Å². The van der Waals surface area contributed by atoms with E-state index < -0.39 is 0 Å². The van der Waals surface area contributed by atoms with Crippen molar-refractivity contribution in [1.29, 1.82) is 0 Å². The molecule has 2 heterocycles. The molecule has 0 aliphatic heterocycles. The van der Waals surface area contributed by atoms with Crippen molar-refractivity contribution in [2.24, 2.45) is 0 Å². The summed E-state index contributed by atoms with van der Waals surface area (Å²) in [6.07, 6.45) is 8.28. The van der Waals surface area contributed by atoms with Crippen LogP contribution in [0, 0.1) is 6.92 Å². The zero-order valence-corrected chi connectivity index (χ0v) is 9.40. The van der Waals surface area contributed by atoms with Crippen LogP contribution in [-0.2, 0) is 13.0 Å². The fourth-order valence-electron chi connectivity index (χ4n) is 1.55. The van der Waals surface area contributed by atoms with Gasteiger partial charge in [0.1, 0.15) is 0 Å². The predicted octanol–water partition coefficient (Wildman–Crippen LogP) is 1.45. The first-order valence-corrected chi connectivity index (χ1v) is 5.44. The van der Waals surface area contributed by atoms with Crippen LogP contribution in [0.5, 0.6) is 0 Å². The molecule has 0 saturated heterocycles. The van der Waals surface area contributed by atoms with Gasteiger partial charge in [-0.05, 0) is 24.1 Å². The number of nitrogens with one attached hydrogen (secondary N) is 2. The van der Waals surface area contributed by atoms with Gasteiger partial charge in [-0.2, -0.15) is 0 Å². The van der Waals surface area contributed by atoms with Crippen LogP contribution in [0.25, 0.3) is 0 Å². The molecule has 0 atom stereocenters. The van der Waals surface area contributed by atoms with E-state index in [1.165, 1.54) is 11.1 Å². The summed E-state index contributed by atoms with van der Waals surface area (Å²) in [6, 6.07) is 2.03. The number of pyridine rings is 1. The van der Waals surface area contributed by atoms with E-state index in [1.54, 1.807) is 6.33 Å². The quantitative estimate of drug-likeness (QED) is 0.744. The Morgan fingerprint density at radius 1 is 1.31 bits per heavy atom.